The molecular weight excluding hydrogens is 350 g/mol. The van der Waals surface area contributed by atoms with Gasteiger partial charge in [-0.05, 0) is 57.8 Å². The lowest BCUT2D eigenvalue weighted by Gasteiger charge is -2.43. The van der Waals surface area contributed by atoms with Gasteiger partial charge in [0.1, 0.15) is 0 Å². The number of ether oxygens (including phenoxy) is 1. The molecule has 0 N–H and O–H groups in total. The molecule has 3 aliphatic heterocycles. The van der Waals surface area contributed by atoms with Crippen LogP contribution in [0.3, 0.4) is 0 Å². The molecule has 1 aromatic carbocycles. The van der Waals surface area contributed by atoms with Crippen LogP contribution in [0.4, 0.5) is 0 Å². The Hall–Kier alpha value is -1.43. The van der Waals surface area contributed by atoms with E-state index in [0.717, 1.165) is 58.7 Å². The van der Waals surface area contributed by atoms with Crippen molar-refractivity contribution < 1.29 is 9.53 Å². The topological polar surface area (TPSA) is 36.0 Å². The summed E-state index contributed by atoms with van der Waals surface area (Å²) < 4.78 is 5.40. The highest BCUT2D eigenvalue weighted by atomic mass is 16.5. The smallest absolute Gasteiger partial charge is 0.227 e. The summed E-state index contributed by atoms with van der Waals surface area (Å²) in [6, 6.07) is 9.58. The fourth-order valence-corrected chi connectivity index (χ4v) is 4.98. The normalized spacial score (nSPS) is 25.8. The predicted molar refractivity (Wildman–Crippen MR) is 111 cm³/mol. The fourth-order valence-electron chi connectivity index (χ4n) is 4.98. The van der Waals surface area contributed by atoms with Crippen LogP contribution in [-0.2, 0) is 16.1 Å². The first-order chi connectivity index (χ1) is 13.7. The van der Waals surface area contributed by atoms with E-state index in [1.54, 1.807) is 0 Å². The zero-order valence-corrected chi connectivity index (χ0v) is 17.3. The minimum atomic E-state index is 0.192. The number of piperidine rings is 2. The predicted octanol–water partition coefficient (Wildman–Crippen LogP) is 2.53. The minimum absolute atomic E-state index is 0.192. The number of hydrogen-bond donors (Lipinski definition) is 0. The maximum Gasteiger partial charge on any atom is 0.227 e. The first kappa shape index (κ1) is 19.9. The molecule has 0 aromatic heterocycles. The standard InChI is InChI=1S/C23H35N3O2/c1-19-4-6-20(7-5-19)17-24-11-8-22(9-12-24)26-10-2-3-21(18-26)23(27)25-13-15-28-16-14-25/h4-7,21-22H,2-3,8-18H2,1H3/t21-/m0/s1. The Bertz CT molecular complexity index is 634. The van der Waals surface area contributed by atoms with Gasteiger partial charge < -0.3 is 9.64 Å². The van der Waals surface area contributed by atoms with Crippen molar-refractivity contribution in [1.29, 1.82) is 0 Å². The quantitative estimate of drug-likeness (QED) is 0.798. The van der Waals surface area contributed by atoms with Crippen molar-refractivity contribution in [2.75, 3.05) is 52.5 Å². The Balaban J connectivity index is 1.25. The molecule has 3 heterocycles. The van der Waals surface area contributed by atoms with Gasteiger partial charge in [0.05, 0.1) is 19.1 Å². The molecule has 0 saturated carbocycles. The summed E-state index contributed by atoms with van der Waals surface area (Å²) in [4.78, 5) is 20.1. The molecule has 154 valence electrons. The number of benzene rings is 1. The second kappa shape index (κ2) is 9.38. The molecule has 0 unspecified atom stereocenters. The van der Waals surface area contributed by atoms with E-state index in [1.165, 1.54) is 24.0 Å². The third-order valence-corrected chi connectivity index (χ3v) is 6.73. The zero-order valence-electron chi connectivity index (χ0n) is 17.3. The van der Waals surface area contributed by atoms with Gasteiger partial charge in [0.25, 0.3) is 0 Å². The zero-order chi connectivity index (χ0) is 19.3. The first-order valence-electron chi connectivity index (χ1n) is 11.1. The number of carbonyl (C=O) groups is 1. The van der Waals surface area contributed by atoms with E-state index in [0.29, 0.717) is 25.2 Å². The average molecular weight is 386 g/mol. The van der Waals surface area contributed by atoms with Crippen molar-refractivity contribution >= 4 is 5.91 Å². The summed E-state index contributed by atoms with van der Waals surface area (Å²) in [6.07, 6.45) is 4.66. The molecule has 0 bridgehead atoms. The molecule has 3 saturated heterocycles. The van der Waals surface area contributed by atoms with Crippen LogP contribution in [0.2, 0.25) is 0 Å². The highest BCUT2D eigenvalue weighted by molar-refractivity contribution is 5.79. The Labute approximate surface area is 169 Å². The summed E-state index contributed by atoms with van der Waals surface area (Å²) in [6.45, 7) is 10.6. The minimum Gasteiger partial charge on any atom is -0.378 e. The van der Waals surface area contributed by atoms with Gasteiger partial charge in [0.2, 0.25) is 5.91 Å². The number of likely N-dealkylation sites (tertiary alicyclic amines) is 2. The van der Waals surface area contributed by atoms with Crippen LogP contribution in [0.25, 0.3) is 0 Å². The highest BCUT2D eigenvalue weighted by Gasteiger charge is 2.33. The Morgan fingerprint density at radius 2 is 1.71 bits per heavy atom. The summed E-state index contributed by atoms with van der Waals surface area (Å²) in [5.74, 6) is 0.558. The molecule has 3 fully saturated rings. The van der Waals surface area contributed by atoms with Gasteiger partial charge in [-0.25, -0.2) is 0 Å². The number of aryl methyl sites for hydroxylation is 1. The molecule has 1 amide bonds. The van der Waals surface area contributed by atoms with Crippen LogP contribution in [0.1, 0.15) is 36.8 Å². The van der Waals surface area contributed by atoms with E-state index in [9.17, 15) is 4.79 Å². The molecule has 0 radical (unpaired) electrons. The average Bonchev–Trinajstić information content (AvgIpc) is 2.76. The number of carbonyl (C=O) groups excluding carboxylic acids is 1. The highest BCUT2D eigenvalue weighted by Crippen LogP contribution is 2.26. The van der Waals surface area contributed by atoms with E-state index in [1.807, 2.05) is 4.90 Å². The summed E-state index contributed by atoms with van der Waals surface area (Å²) >= 11 is 0. The number of morpholine rings is 1. The van der Waals surface area contributed by atoms with Crippen LogP contribution in [0, 0.1) is 12.8 Å². The lowest BCUT2D eigenvalue weighted by atomic mass is 9.92. The maximum absolute atomic E-state index is 12.9. The molecule has 0 spiro atoms. The van der Waals surface area contributed by atoms with Crippen LogP contribution in [0.15, 0.2) is 24.3 Å². The van der Waals surface area contributed by atoms with E-state index < -0.39 is 0 Å². The molecule has 28 heavy (non-hydrogen) atoms. The Morgan fingerprint density at radius 3 is 2.43 bits per heavy atom. The summed E-state index contributed by atoms with van der Waals surface area (Å²) in [7, 11) is 0. The largest absolute Gasteiger partial charge is 0.378 e. The molecule has 4 rings (SSSR count). The molecule has 1 atom stereocenters. The molecule has 0 aliphatic carbocycles. The van der Waals surface area contributed by atoms with Gasteiger partial charge >= 0.3 is 0 Å². The van der Waals surface area contributed by atoms with Crippen molar-refractivity contribution in [2.45, 2.75) is 45.2 Å². The molecule has 3 aliphatic rings. The van der Waals surface area contributed by atoms with E-state index in [-0.39, 0.29) is 5.92 Å². The first-order valence-corrected chi connectivity index (χ1v) is 11.1. The van der Waals surface area contributed by atoms with E-state index >= 15 is 0 Å². The van der Waals surface area contributed by atoms with Crippen LogP contribution in [0.5, 0.6) is 0 Å². The van der Waals surface area contributed by atoms with Crippen LogP contribution < -0.4 is 0 Å². The van der Waals surface area contributed by atoms with Crippen LogP contribution in [-0.4, -0.2) is 79.1 Å². The molecular formula is C23H35N3O2. The van der Waals surface area contributed by atoms with Gasteiger partial charge in [-0.15, -0.1) is 0 Å². The van der Waals surface area contributed by atoms with E-state index in [2.05, 4.69) is 41.0 Å². The van der Waals surface area contributed by atoms with E-state index in [4.69, 9.17) is 4.74 Å². The lowest BCUT2D eigenvalue weighted by molar-refractivity contribution is -0.142. The summed E-state index contributed by atoms with van der Waals surface area (Å²) in [5.41, 5.74) is 2.74. The molecule has 1 aromatic rings. The Kier molecular flexibility index (Phi) is 6.65. The maximum atomic E-state index is 12.9. The SMILES string of the molecule is Cc1ccc(CN2CCC(N3CCC[C@H](C(=O)N4CCOCC4)C3)CC2)cc1. The number of rotatable bonds is 4. The van der Waals surface area contributed by atoms with Gasteiger partial charge in [0, 0.05) is 32.2 Å². The van der Waals surface area contributed by atoms with Gasteiger partial charge in [-0.1, -0.05) is 29.8 Å². The number of nitrogens with zero attached hydrogens (tertiary/aromatic N) is 3. The molecule has 5 nitrogen and oxygen atoms in total. The van der Waals surface area contributed by atoms with Crippen molar-refractivity contribution in [2.24, 2.45) is 5.92 Å². The van der Waals surface area contributed by atoms with Gasteiger partial charge in [-0.2, -0.15) is 0 Å². The summed E-state index contributed by atoms with van der Waals surface area (Å²) in [5, 5.41) is 0. The van der Waals surface area contributed by atoms with Crippen molar-refractivity contribution in [1.82, 2.24) is 14.7 Å². The molecule has 5 heteroatoms. The fraction of sp³-hybridized carbons (Fsp3) is 0.696. The van der Waals surface area contributed by atoms with Crippen molar-refractivity contribution in [3.8, 4) is 0 Å². The number of amides is 1. The number of hydrogen-bond acceptors (Lipinski definition) is 4. The monoisotopic (exact) mass is 385 g/mol. The third-order valence-electron chi connectivity index (χ3n) is 6.73. The van der Waals surface area contributed by atoms with Gasteiger partial charge in [-0.3, -0.25) is 14.6 Å². The second-order valence-corrected chi connectivity index (χ2v) is 8.76. The third kappa shape index (κ3) is 4.94. The second-order valence-electron chi connectivity index (χ2n) is 8.76. The van der Waals surface area contributed by atoms with Crippen molar-refractivity contribution in [3.05, 3.63) is 35.4 Å². The van der Waals surface area contributed by atoms with Crippen LogP contribution >= 0.6 is 0 Å². The lowest BCUT2D eigenvalue weighted by Crippen LogP contribution is -2.52. The van der Waals surface area contributed by atoms with Crippen molar-refractivity contribution in [3.63, 3.8) is 0 Å². The van der Waals surface area contributed by atoms with Gasteiger partial charge in [0.15, 0.2) is 0 Å². The Morgan fingerprint density at radius 1 is 1.00 bits per heavy atom.